The van der Waals surface area contributed by atoms with E-state index in [4.69, 9.17) is 0 Å². The van der Waals surface area contributed by atoms with E-state index in [9.17, 15) is 9.59 Å². The van der Waals surface area contributed by atoms with Gasteiger partial charge in [0.15, 0.2) is 0 Å². The van der Waals surface area contributed by atoms with Gasteiger partial charge >= 0.3 is 0 Å². The number of hydrogen-bond donors (Lipinski definition) is 0. The van der Waals surface area contributed by atoms with E-state index in [1.54, 1.807) is 0 Å². The van der Waals surface area contributed by atoms with E-state index in [-0.39, 0.29) is 10.9 Å². The largest absolute Gasteiger partial charge is 0.286 e. The molecule has 14 heavy (non-hydrogen) atoms. The van der Waals surface area contributed by atoms with Crippen LogP contribution >= 0.6 is 0 Å². The number of hydrogen-bond acceptors (Lipinski definition) is 2. The van der Waals surface area contributed by atoms with Crippen LogP contribution in [-0.4, -0.2) is 0 Å². The van der Waals surface area contributed by atoms with Crippen molar-refractivity contribution in [2.24, 2.45) is 0 Å². The molecule has 0 radical (unpaired) electrons. The highest BCUT2D eigenvalue weighted by Crippen LogP contribution is 2.21. The van der Waals surface area contributed by atoms with E-state index in [0.29, 0.717) is 5.56 Å². The average Bonchev–Trinajstić information content (AvgIpc) is 2.18. The molecule has 2 rings (SSSR count). The second-order valence-electron chi connectivity index (χ2n) is 3.57. The molecule has 0 N–H and O–H groups in total. The van der Waals surface area contributed by atoms with Gasteiger partial charge in [0, 0.05) is 11.6 Å². The van der Waals surface area contributed by atoms with Gasteiger partial charge in [0.05, 0.1) is 0 Å². The van der Waals surface area contributed by atoms with Gasteiger partial charge < -0.3 is 0 Å². The zero-order valence-corrected chi connectivity index (χ0v) is 8.13. The van der Waals surface area contributed by atoms with E-state index < -0.39 is 0 Å². The predicted molar refractivity (Wildman–Crippen MR) is 56.3 cm³/mol. The fraction of sp³-hybridized carbons (Fsp3) is 0.167. The van der Waals surface area contributed by atoms with Crippen LogP contribution in [0.4, 0.5) is 0 Å². The molecule has 0 aliphatic heterocycles. The lowest BCUT2D eigenvalue weighted by molar-refractivity contribution is 1.34. The van der Waals surface area contributed by atoms with Gasteiger partial charge in [-0.2, -0.15) is 0 Å². The Balaban J connectivity index is 2.64. The average molecular weight is 186 g/mol. The minimum Gasteiger partial charge on any atom is -0.286 e. The molecule has 70 valence electrons. The van der Waals surface area contributed by atoms with E-state index >= 15 is 0 Å². The Morgan fingerprint density at radius 2 is 1.64 bits per heavy atom. The van der Waals surface area contributed by atoms with E-state index in [0.717, 1.165) is 16.7 Å². The van der Waals surface area contributed by atoms with Crippen molar-refractivity contribution in [1.82, 2.24) is 0 Å². The molecule has 0 fully saturated rings. The summed E-state index contributed by atoms with van der Waals surface area (Å²) in [7, 11) is 0. The highest BCUT2D eigenvalue weighted by Gasteiger charge is 2.13. The first-order valence-electron chi connectivity index (χ1n) is 4.47. The maximum atomic E-state index is 11.2. The van der Waals surface area contributed by atoms with Crippen LogP contribution < -0.4 is 10.9 Å². The zero-order chi connectivity index (χ0) is 10.3. The lowest BCUT2D eigenvalue weighted by Crippen LogP contribution is -2.31. The Labute approximate surface area is 81.5 Å². The molecule has 0 unspecified atom stereocenters. The molecule has 0 aromatic heterocycles. The van der Waals surface area contributed by atoms with Crippen molar-refractivity contribution >= 4 is 0 Å². The summed E-state index contributed by atoms with van der Waals surface area (Å²) in [5.41, 5.74) is 2.81. The summed E-state index contributed by atoms with van der Waals surface area (Å²) < 4.78 is 0. The van der Waals surface area contributed by atoms with Crippen molar-refractivity contribution in [2.45, 2.75) is 13.8 Å². The fourth-order valence-corrected chi connectivity index (χ4v) is 1.54. The van der Waals surface area contributed by atoms with Crippen LogP contribution in [0, 0.1) is 13.8 Å². The van der Waals surface area contributed by atoms with Crippen LogP contribution in [0.2, 0.25) is 0 Å². The van der Waals surface area contributed by atoms with Gasteiger partial charge in [0.25, 0.3) is 0 Å². The molecule has 0 aliphatic rings. The van der Waals surface area contributed by atoms with Crippen molar-refractivity contribution in [2.75, 3.05) is 0 Å². The van der Waals surface area contributed by atoms with Crippen LogP contribution in [0.15, 0.2) is 33.9 Å². The van der Waals surface area contributed by atoms with Crippen molar-refractivity contribution in [3.63, 3.8) is 0 Å². The van der Waals surface area contributed by atoms with Crippen LogP contribution in [0.3, 0.4) is 0 Å². The van der Waals surface area contributed by atoms with Crippen molar-refractivity contribution in [3.05, 3.63) is 55.8 Å². The zero-order valence-electron chi connectivity index (χ0n) is 8.13. The molecule has 0 heterocycles. The molecule has 0 aliphatic carbocycles. The quantitative estimate of drug-likeness (QED) is 0.633. The van der Waals surface area contributed by atoms with Gasteiger partial charge in [0.2, 0.25) is 10.9 Å². The molecule has 2 nitrogen and oxygen atoms in total. The Bertz CT molecular complexity index is 558. The molecule has 0 amide bonds. The van der Waals surface area contributed by atoms with Gasteiger partial charge in [0.1, 0.15) is 0 Å². The highest BCUT2D eigenvalue weighted by molar-refractivity contribution is 5.69. The Kier molecular flexibility index (Phi) is 1.84. The lowest BCUT2D eigenvalue weighted by Gasteiger charge is -2.07. The number of rotatable bonds is 1. The standard InChI is InChI=1S/C12H10O2/c1-7-3-4-8(2)9(5-7)10-6-11(13)12(10)14/h3-6H,1-2H3. The summed E-state index contributed by atoms with van der Waals surface area (Å²) >= 11 is 0. The number of benzene rings is 1. The van der Waals surface area contributed by atoms with Gasteiger partial charge in [-0.25, -0.2) is 0 Å². The molecule has 2 heteroatoms. The summed E-state index contributed by atoms with van der Waals surface area (Å²) in [4.78, 5) is 22.0. The SMILES string of the molecule is Cc1ccc(C)c(-c2cc(=O)c2=O)c1. The molecular formula is C12H10O2. The second-order valence-corrected chi connectivity index (χ2v) is 3.57. The Hall–Kier alpha value is -1.70. The molecule has 0 saturated carbocycles. The third-order valence-electron chi connectivity index (χ3n) is 2.43. The smallest absolute Gasteiger partial charge is 0.233 e. The summed E-state index contributed by atoms with van der Waals surface area (Å²) in [6.07, 6.45) is 0. The topological polar surface area (TPSA) is 34.1 Å². The van der Waals surface area contributed by atoms with Gasteiger partial charge in [-0.3, -0.25) is 9.59 Å². The molecule has 0 saturated heterocycles. The first kappa shape index (κ1) is 8.88. The Morgan fingerprint density at radius 3 is 2.21 bits per heavy atom. The summed E-state index contributed by atoms with van der Waals surface area (Å²) in [6.45, 7) is 3.90. The van der Waals surface area contributed by atoms with Crippen LogP contribution in [0.25, 0.3) is 11.1 Å². The van der Waals surface area contributed by atoms with Gasteiger partial charge in [-0.1, -0.05) is 23.8 Å². The maximum Gasteiger partial charge on any atom is 0.233 e. The monoisotopic (exact) mass is 186 g/mol. The molecule has 0 atom stereocenters. The summed E-state index contributed by atoms with van der Waals surface area (Å²) in [5.74, 6) is 0. The minimum atomic E-state index is -0.388. The molecule has 2 aromatic rings. The van der Waals surface area contributed by atoms with Crippen molar-refractivity contribution in [3.8, 4) is 11.1 Å². The third-order valence-corrected chi connectivity index (χ3v) is 2.43. The highest BCUT2D eigenvalue weighted by atomic mass is 16.2. The normalized spacial score (nSPS) is 10.7. The minimum absolute atomic E-state index is 0.362. The van der Waals surface area contributed by atoms with Crippen LogP contribution in [-0.2, 0) is 0 Å². The number of aryl methyl sites for hydroxylation is 2. The predicted octanol–water partition coefficient (Wildman–Crippen LogP) is 1.57. The maximum absolute atomic E-state index is 11.2. The molecule has 0 spiro atoms. The van der Waals surface area contributed by atoms with E-state index in [2.05, 4.69) is 0 Å². The van der Waals surface area contributed by atoms with Crippen molar-refractivity contribution < 1.29 is 0 Å². The summed E-state index contributed by atoms with van der Waals surface area (Å²) in [5, 5.41) is 0. The first-order chi connectivity index (χ1) is 6.59. The van der Waals surface area contributed by atoms with Crippen LogP contribution in [0.5, 0.6) is 0 Å². The lowest BCUT2D eigenvalue weighted by atomic mass is 9.96. The first-order valence-corrected chi connectivity index (χ1v) is 4.47. The molecular weight excluding hydrogens is 176 g/mol. The van der Waals surface area contributed by atoms with Gasteiger partial charge in [-0.15, -0.1) is 0 Å². The van der Waals surface area contributed by atoms with E-state index in [1.807, 2.05) is 32.0 Å². The van der Waals surface area contributed by atoms with Crippen LogP contribution in [0.1, 0.15) is 11.1 Å². The van der Waals surface area contributed by atoms with Gasteiger partial charge in [-0.05, 0) is 25.0 Å². The second kappa shape index (κ2) is 2.91. The van der Waals surface area contributed by atoms with Crippen molar-refractivity contribution in [1.29, 1.82) is 0 Å². The fourth-order valence-electron chi connectivity index (χ4n) is 1.54. The third kappa shape index (κ3) is 1.20. The Morgan fingerprint density at radius 1 is 0.929 bits per heavy atom. The molecule has 0 bridgehead atoms. The summed E-state index contributed by atoms with van der Waals surface area (Å²) in [6, 6.07) is 7.29. The van der Waals surface area contributed by atoms with E-state index in [1.165, 1.54) is 6.07 Å². The molecule has 2 aromatic carbocycles.